The van der Waals surface area contributed by atoms with Gasteiger partial charge in [-0.2, -0.15) is 5.10 Å². The summed E-state index contributed by atoms with van der Waals surface area (Å²) >= 11 is 0. The van der Waals surface area contributed by atoms with E-state index in [-0.39, 0.29) is 11.5 Å². The third-order valence-electron chi connectivity index (χ3n) is 3.17. The fourth-order valence-electron chi connectivity index (χ4n) is 1.96. The van der Waals surface area contributed by atoms with E-state index in [0.29, 0.717) is 22.8 Å². The van der Waals surface area contributed by atoms with E-state index in [1.165, 1.54) is 36.9 Å². The van der Waals surface area contributed by atoms with Crippen LogP contribution in [0.1, 0.15) is 11.5 Å². The summed E-state index contributed by atoms with van der Waals surface area (Å²) in [4.78, 5) is 18.1. The number of aromatic nitrogens is 2. The van der Waals surface area contributed by atoms with Gasteiger partial charge < -0.3 is 10.2 Å². The van der Waals surface area contributed by atoms with E-state index >= 15 is 0 Å². The number of furan rings is 1. The van der Waals surface area contributed by atoms with E-state index in [0.717, 1.165) is 0 Å². The van der Waals surface area contributed by atoms with Crippen molar-refractivity contribution >= 4 is 17.7 Å². The lowest BCUT2D eigenvalue weighted by Gasteiger charge is -1.96. The highest BCUT2D eigenvalue weighted by Gasteiger charge is 2.07. The Morgan fingerprint density at radius 1 is 1.20 bits per heavy atom. The van der Waals surface area contributed by atoms with Gasteiger partial charge in [-0.05, 0) is 24.3 Å². The third kappa shape index (κ3) is 3.91. The van der Waals surface area contributed by atoms with Crippen molar-refractivity contribution in [2.24, 2.45) is 15.9 Å². The molecule has 0 amide bonds. The molecule has 9 nitrogen and oxygen atoms in total. The molecule has 0 unspecified atom stereocenters. The predicted molar refractivity (Wildman–Crippen MR) is 91.1 cm³/mol. The molecule has 0 aliphatic carbocycles. The molecular weight excluding hydrogens is 324 g/mol. The van der Waals surface area contributed by atoms with Gasteiger partial charge in [0.25, 0.3) is 5.69 Å². The fraction of sp³-hybridized carbons (Fsp3) is 0. The summed E-state index contributed by atoms with van der Waals surface area (Å²) in [5, 5.41) is 18.3. The van der Waals surface area contributed by atoms with Crippen molar-refractivity contribution in [3.63, 3.8) is 0 Å². The maximum Gasteiger partial charge on any atom is 0.269 e. The van der Waals surface area contributed by atoms with Crippen LogP contribution in [0.25, 0.3) is 11.3 Å². The molecule has 25 heavy (non-hydrogen) atoms. The molecule has 0 saturated heterocycles. The number of nitrogens with two attached hydrogens (primary N) is 1. The van der Waals surface area contributed by atoms with Gasteiger partial charge in [-0.15, -0.1) is 5.10 Å². The molecule has 2 aromatic heterocycles. The molecule has 2 N–H and O–H groups in total. The average Bonchev–Trinajstić information content (AvgIpc) is 3.11. The van der Waals surface area contributed by atoms with Gasteiger partial charge in [0.2, 0.25) is 0 Å². The van der Waals surface area contributed by atoms with Crippen LogP contribution in [0.2, 0.25) is 0 Å². The van der Waals surface area contributed by atoms with Gasteiger partial charge in [0.1, 0.15) is 17.2 Å². The molecule has 0 aliphatic rings. The highest BCUT2D eigenvalue weighted by Crippen LogP contribution is 2.23. The Kier molecular flexibility index (Phi) is 4.56. The van der Waals surface area contributed by atoms with Gasteiger partial charge in [0.05, 0.1) is 17.3 Å². The maximum absolute atomic E-state index is 10.7. The smallest absolute Gasteiger partial charge is 0.269 e. The van der Waals surface area contributed by atoms with E-state index in [1.54, 1.807) is 24.3 Å². The summed E-state index contributed by atoms with van der Waals surface area (Å²) in [6, 6.07) is 9.49. The summed E-state index contributed by atoms with van der Waals surface area (Å²) in [6.45, 7) is 0. The van der Waals surface area contributed by atoms with Crippen LogP contribution >= 0.6 is 0 Å². The van der Waals surface area contributed by atoms with Crippen LogP contribution in [-0.4, -0.2) is 26.9 Å². The fourth-order valence-corrected chi connectivity index (χ4v) is 1.96. The zero-order valence-corrected chi connectivity index (χ0v) is 12.8. The van der Waals surface area contributed by atoms with Crippen LogP contribution in [0.4, 0.5) is 5.69 Å². The monoisotopic (exact) mass is 336 g/mol. The number of nitrogens with zero attached hydrogens (tertiary/aromatic N) is 5. The van der Waals surface area contributed by atoms with Crippen LogP contribution < -0.4 is 5.73 Å². The minimum atomic E-state index is -0.455. The first-order valence-corrected chi connectivity index (χ1v) is 7.11. The van der Waals surface area contributed by atoms with Crippen LogP contribution in [0.15, 0.2) is 69.6 Å². The summed E-state index contributed by atoms with van der Waals surface area (Å²) in [7, 11) is 0. The topological polar surface area (TPSA) is 133 Å². The van der Waals surface area contributed by atoms with Gasteiger partial charge in [-0.1, -0.05) is 0 Å². The summed E-state index contributed by atoms with van der Waals surface area (Å²) < 4.78 is 5.60. The molecule has 9 heteroatoms. The Labute approximate surface area is 141 Å². The van der Waals surface area contributed by atoms with Crippen LogP contribution in [0, 0.1) is 10.1 Å². The highest BCUT2D eigenvalue weighted by atomic mass is 16.6. The molecule has 0 saturated carbocycles. The van der Waals surface area contributed by atoms with E-state index in [9.17, 15) is 10.1 Å². The lowest BCUT2D eigenvalue weighted by Crippen LogP contribution is -2.14. The SMILES string of the molecule is N/C(=N\N=C\c1ccc(-c2ccc([N+](=O)[O-])cc2)o1)c1cnccn1. The van der Waals surface area contributed by atoms with Gasteiger partial charge in [0, 0.05) is 30.1 Å². The van der Waals surface area contributed by atoms with Gasteiger partial charge in [0.15, 0.2) is 5.84 Å². The molecule has 0 spiro atoms. The van der Waals surface area contributed by atoms with Gasteiger partial charge >= 0.3 is 0 Å². The van der Waals surface area contributed by atoms with E-state index < -0.39 is 4.92 Å². The number of nitro benzene ring substituents is 1. The number of hydrogen-bond acceptors (Lipinski definition) is 7. The second-order valence-corrected chi connectivity index (χ2v) is 4.83. The Hall–Kier alpha value is -3.88. The Morgan fingerprint density at radius 3 is 2.68 bits per heavy atom. The highest BCUT2D eigenvalue weighted by molar-refractivity contribution is 5.95. The molecule has 2 heterocycles. The lowest BCUT2D eigenvalue weighted by atomic mass is 10.1. The van der Waals surface area contributed by atoms with Crippen molar-refractivity contribution in [3.05, 3.63) is 76.6 Å². The van der Waals surface area contributed by atoms with E-state index in [4.69, 9.17) is 10.2 Å². The Balaban J connectivity index is 1.72. The zero-order chi connectivity index (χ0) is 17.6. The van der Waals surface area contributed by atoms with Crippen LogP contribution in [0.5, 0.6) is 0 Å². The standard InChI is InChI=1S/C16H12N6O3/c17-16(14-10-18-7-8-19-14)21-20-9-13-5-6-15(25-13)11-1-3-12(4-2-11)22(23)24/h1-10H,(H2,17,21)/b20-9+. The van der Waals surface area contributed by atoms with Crippen molar-refractivity contribution in [1.29, 1.82) is 0 Å². The quantitative estimate of drug-likeness (QED) is 0.329. The first-order valence-electron chi connectivity index (χ1n) is 7.11. The first kappa shape index (κ1) is 16.0. The van der Waals surface area contributed by atoms with Crippen molar-refractivity contribution in [1.82, 2.24) is 9.97 Å². The lowest BCUT2D eigenvalue weighted by molar-refractivity contribution is -0.384. The Bertz CT molecular complexity index is 932. The molecule has 0 atom stereocenters. The molecule has 1 aromatic carbocycles. The average molecular weight is 336 g/mol. The van der Waals surface area contributed by atoms with Crippen molar-refractivity contribution in [2.75, 3.05) is 0 Å². The molecule has 124 valence electrons. The molecule has 3 rings (SSSR count). The normalized spacial score (nSPS) is 11.8. The minimum absolute atomic E-state index is 0.0194. The van der Waals surface area contributed by atoms with Gasteiger partial charge in [-0.25, -0.2) is 4.98 Å². The maximum atomic E-state index is 10.7. The summed E-state index contributed by atoms with van der Waals surface area (Å²) in [6.07, 6.45) is 5.92. The van der Waals surface area contributed by atoms with Crippen molar-refractivity contribution in [3.8, 4) is 11.3 Å². The minimum Gasteiger partial charge on any atom is -0.455 e. The number of amidine groups is 1. The van der Waals surface area contributed by atoms with E-state index in [1.807, 2.05) is 0 Å². The number of non-ortho nitro benzene ring substituents is 1. The van der Waals surface area contributed by atoms with E-state index in [2.05, 4.69) is 20.2 Å². The van der Waals surface area contributed by atoms with Gasteiger partial charge in [-0.3, -0.25) is 15.1 Å². The third-order valence-corrected chi connectivity index (χ3v) is 3.17. The van der Waals surface area contributed by atoms with Crippen LogP contribution in [-0.2, 0) is 0 Å². The zero-order valence-electron chi connectivity index (χ0n) is 12.8. The largest absolute Gasteiger partial charge is 0.455 e. The molecule has 0 aliphatic heterocycles. The Morgan fingerprint density at radius 2 is 2.00 bits per heavy atom. The number of hydrogen-bond donors (Lipinski definition) is 1. The molecule has 0 radical (unpaired) electrons. The molecule has 3 aromatic rings. The second-order valence-electron chi connectivity index (χ2n) is 4.83. The second kappa shape index (κ2) is 7.13. The summed E-state index contributed by atoms with van der Waals surface area (Å²) in [5.41, 5.74) is 6.90. The van der Waals surface area contributed by atoms with Crippen molar-refractivity contribution < 1.29 is 9.34 Å². The molecule has 0 bridgehead atoms. The summed E-state index contributed by atoms with van der Waals surface area (Å²) in [5.74, 6) is 1.15. The van der Waals surface area contributed by atoms with Crippen molar-refractivity contribution in [2.45, 2.75) is 0 Å². The molecule has 0 fully saturated rings. The number of rotatable bonds is 5. The number of benzene rings is 1. The van der Waals surface area contributed by atoms with Crippen LogP contribution in [0.3, 0.4) is 0 Å². The predicted octanol–water partition coefficient (Wildman–Crippen LogP) is 2.38. The first-order chi connectivity index (χ1) is 12.1. The number of nitro groups is 1. The molecular formula is C16H12N6O3.